The molecule has 1 rings (SSSR count). The molecule has 0 amide bonds. The van der Waals surface area contributed by atoms with E-state index in [2.05, 4.69) is 48.5 Å². The van der Waals surface area contributed by atoms with E-state index in [0.717, 1.165) is 49.8 Å². The van der Waals surface area contributed by atoms with Crippen molar-refractivity contribution in [3.05, 3.63) is 23.8 Å². The van der Waals surface area contributed by atoms with Crippen molar-refractivity contribution in [3.63, 3.8) is 0 Å². The summed E-state index contributed by atoms with van der Waals surface area (Å²) in [4.78, 5) is 4.65. The SMILES string of the molecule is CCNC(=NCCCc1ccc(OC)c(OCC)c1)NC(C)CC.I. The molecule has 0 fully saturated rings. The van der Waals surface area contributed by atoms with Gasteiger partial charge in [-0.2, -0.15) is 0 Å². The number of hydrogen-bond acceptors (Lipinski definition) is 3. The summed E-state index contributed by atoms with van der Waals surface area (Å²) in [7, 11) is 1.67. The lowest BCUT2D eigenvalue weighted by atomic mass is 10.1. The molecule has 0 aliphatic carbocycles. The highest BCUT2D eigenvalue weighted by atomic mass is 127. The summed E-state index contributed by atoms with van der Waals surface area (Å²) >= 11 is 0. The number of aryl methyl sites for hydroxylation is 1. The van der Waals surface area contributed by atoms with E-state index in [-0.39, 0.29) is 24.0 Å². The van der Waals surface area contributed by atoms with Crippen LogP contribution in [0.5, 0.6) is 11.5 Å². The van der Waals surface area contributed by atoms with E-state index in [1.165, 1.54) is 5.56 Å². The van der Waals surface area contributed by atoms with Gasteiger partial charge in [0.05, 0.1) is 13.7 Å². The molecule has 0 saturated heterocycles. The zero-order chi connectivity index (χ0) is 17.8. The minimum absolute atomic E-state index is 0. The third kappa shape index (κ3) is 9.18. The van der Waals surface area contributed by atoms with Crippen LogP contribution in [0.4, 0.5) is 0 Å². The predicted molar refractivity (Wildman–Crippen MR) is 117 cm³/mol. The Morgan fingerprint density at radius 3 is 2.56 bits per heavy atom. The fourth-order valence-corrected chi connectivity index (χ4v) is 2.27. The molecule has 0 spiro atoms. The topological polar surface area (TPSA) is 54.9 Å². The molecule has 0 radical (unpaired) electrons. The molecule has 0 saturated carbocycles. The van der Waals surface area contributed by atoms with E-state index < -0.39 is 0 Å². The van der Waals surface area contributed by atoms with Gasteiger partial charge in [-0.1, -0.05) is 13.0 Å². The van der Waals surface area contributed by atoms with E-state index in [4.69, 9.17) is 9.47 Å². The Morgan fingerprint density at radius 2 is 1.96 bits per heavy atom. The minimum Gasteiger partial charge on any atom is -0.493 e. The van der Waals surface area contributed by atoms with Crippen LogP contribution >= 0.6 is 24.0 Å². The number of nitrogens with zero attached hydrogens (tertiary/aromatic N) is 1. The van der Waals surface area contributed by atoms with Crippen LogP contribution in [-0.2, 0) is 6.42 Å². The second-order valence-corrected chi connectivity index (χ2v) is 5.74. The van der Waals surface area contributed by atoms with Crippen LogP contribution in [0.15, 0.2) is 23.2 Å². The Morgan fingerprint density at radius 1 is 1.20 bits per heavy atom. The monoisotopic (exact) mass is 463 g/mol. The van der Waals surface area contributed by atoms with Crippen LogP contribution < -0.4 is 20.1 Å². The Labute approximate surface area is 170 Å². The summed E-state index contributed by atoms with van der Waals surface area (Å²) < 4.78 is 10.9. The number of halogens is 1. The lowest BCUT2D eigenvalue weighted by Gasteiger charge is -2.16. The minimum atomic E-state index is 0. The van der Waals surface area contributed by atoms with Gasteiger partial charge in [-0.05, 0) is 57.7 Å². The fraction of sp³-hybridized carbons (Fsp3) is 0.632. The summed E-state index contributed by atoms with van der Waals surface area (Å²) in [5.41, 5.74) is 1.24. The van der Waals surface area contributed by atoms with E-state index in [1.807, 2.05) is 13.0 Å². The highest BCUT2D eigenvalue weighted by molar-refractivity contribution is 14.0. The molecule has 0 heterocycles. The first-order valence-electron chi connectivity index (χ1n) is 8.99. The second-order valence-electron chi connectivity index (χ2n) is 5.74. The van der Waals surface area contributed by atoms with Crippen molar-refractivity contribution in [2.45, 2.75) is 53.0 Å². The van der Waals surface area contributed by atoms with Crippen molar-refractivity contribution in [1.82, 2.24) is 10.6 Å². The first-order chi connectivity index (χ1) is 11.6. The van der Waals surface area contributed by atoms with Crippen LogP contribution in [-0.4, -0.2) is 38.8 Å². The molecule has 144 valence electrons. The smallest absolute Gasteiger partial charge is 0.191 e. The quantitative estimate of drug-likeness (QED) is 0.239. The van der Waals surface area contributed by atoms with Crippen LogP contribution in [0.25, 0.3) is 0 Å². The average molecular weight is 463 g/mol. The number of nitrogens with one attached hydrogen (secondary N) is 2. The number of methoxy groups -OCH3 is 1. The van der Waals surface area contributed by atoms with E-state index >= 15 is 0 Å². The third-order valence-electron chi connectivity index (χ3n) is 3.76. The largest absolute Gasteiger partial charge is 0.493 e. The summed E-state index contributed by atoms with van der Waals surface area (Å²) in [6.45, 7) is 10.7. The molecule has 6 heteroatoms. The molecule has 1 atom stereocenters. The molecular formula is C19H34IN3O2. The highest BCUT2D eigenvalue weighted by Crippen LogP contribution is 2.28. The Hall–Kier alpha value is -1.18. The number of hydrogen-bond donors (Lipinski definition) is 2. The summed E-state index contributed by atoms with van der Waals surface area (Å²) in [5.74, 6) is 2.50. The third-order valence-corrected chi connectivity index (χ3v) is 3.76. The molecule has 2 N–H and O–H groups in total. The maximum absolute atomic E-state index is 5.63. The summed E-state index contributed by atoms with van der Waals surface area (Å²) in [6, 6.07) is 6.55. The first-order valence-corrected chi connectivity index (χ1v) is 8.99. The van der Waals surface area contributed by atoms with Gasteiger partial charge in [-0.3, -0.25) is 4.99 Å². The Bertz CT molecular complexity index is 509. The molecule has 1 aromatic rings. The number of aliphatic imine (C=N–C) groups is 1. The lowest BCUT2D eigenvalue weighted by molar-refractivity contribution is 0.310. The fourth-order valence-electron chi connectivity index (χ4n) is 2.27. The van der Waals surface area contributed by atoms with Crippen LogP contribution in [0.3, 0.4) is 0 Å². The van der Waals surface area contributed by atoms with Crippen molar-refractivity contribution in [2.24, 2.45) is 4.99 Å². The average Bonchev–Trinajstić information content (AvgIpc) is 2.59. The zero-order valence-corrected chi connectivity index (χ0v) is 18.6. The van der Waals surface area contributed by atoms with E-state index in [9.17, 15) is 0 Å². The number of ether oxygens (including phenoxy) is 2. The molecule has 25 heavy (non-hydrogen) atoms. The van der Waals surface area contributed by atoms with Gasteiger partial charge in [0, 0.05) is 19.1 Å². The van der Waals surface area contributed by atoms with Crippen LogP contribution in [0.2, 0.25) is 0 Å². The lowest BCUT2D eigenvalue weighted by Crippen LogP contribution is -2.42. The van der Waals surface area contributed by atoms with Gasteiger partial charge in [0.25, 0.3) is 0 Å². The van der Waals surface area contributed by atoms with Crippen molar-refractivity contribution >= 4 is 29.9 Å². The molecule has 1 unspecified atom stereocenters. The van der Waals surface area contributed by atoms with Crippen LogP contribution in [0.1, 0.15) is 46.1 Å². The maximum atomic E-state index is 5.63. The van der Waals surface area contributed by atoms with Crippen molar-refractivity contribution in [3.8, 4) is 11.5 Å². The summed E-state index contributed by atoms with van der Waals surface area (Å²) in [6.07, 6.45) is 3.04. The van der Waals surface area contributed by atoms with Crippen molar-refractivity contribution in [1.29, 1.82) is 0 Å². The summed E-state index contributed by atoms with van der Waals surface area (Å²) in [5, 5.41) is 6.70. The number of guanidine groups is 1. The van der Waals surface area contributed by atoms with E-state index in [0.29, 0.717) is 12.6 Å². The van der Waals surface area contributed by atoms with Gasteiger partial charge in [0.2, 0.25) is 0 Å². The zero-order valence-electron chi connectivity index (χ0n) is 16.2. The number of benzene rings is 1. The maximum Gasteiger partial charge on any atom is 0.191 e. The molecule has 0 aliphatic heterocycles. The van der Waals surface area contributed by atoms with Gasteiger partial charge >= 0.3 is 0 Å². The molecule has 0 bridgehead atoms. The number of rotatable bonds is 10. The van der Waals surface area contributed by atoms with Gasteiger partial charge in [-0.25, -0.2) is 0 Å². The van der Waals surface area contributed by atoms with Crippen LogP contribution in [0, 0.1) is 0 Å². The standard InChI is InChI=1S/C19H33N3O2.HI/c1-6-15(4)22-19(20-7-2)21-13-9-10-16-11-12-17(23-5)18(14-16)24-8-3;/h11-12,14-15H,6-10,13H2,1-5H3,(H2,20,21,22);1H. The Kier molecular flexibility index (Phi) is 13.4. The predicted octanol–water partition coefficient (Wildman–Crippen LogP) is 4.00. The Balaban J connectivity index is 0.00000576. The normalized spacial score (nSPS) is 12.1. The van der Waals surface area contributed by atoms with Crippen molar-refractivity contribution in [2.75, 3.05) is 26.8 Å². The van der Waals surface area contributed by atoms with Gasteiger partial charge in [-0.15, -0.1) is 24.0 Å². The van der Waals surface area contributed by atoms with Gasteiger partial charge in [0.15, 0.2) is 17.5 Å². The molecular weight excluding hydrogens is 429 g/mol. The molecule has 1 aromatic carbocycles. The first kappa shape index (κ1) is 23.8. The highest BCUT2D eigenvalue weighted by Gasteiger charge is 2.06. The molecule has 0 aromatic heterocycles. The molecule has 0 aliphatic rings. The van der Waals surface area contributed by atoms with Gasteiger partial charge in [0.1, 0.15) is 0 Å². The second kappa shape index (κ2) is 14.0. The molecule has 5 nitrogen and oxygen atoms in total. The van der Waals surface area contributed by atoms with Gasteiger partial charge < -0.3 is 20.1 Å². The van der Waals surface area contributed by atoms with E-state index in [1.54, 1.807) is 7.11 Å². The van der Waals surface area contributed by atoms with Crippen molar-refractivity contribution < 1.29 is 9.47 Å².